The third-order valence-corrected chi connectivity index (χ3v) is 7.98. The number of benzene rings is 1. The second kappa shape index (κ2) is 4.65. The van der Waals surface area contributed by atoms with Crippen molar-refractivity contribution in [1.29, 1.82) is 0 Å². The molecule has 0 saturated heterocycles. The molecule has 0 N–H and O–H groups in total. The molecule has 0 amide bonds. The van der Waals surface area contributed by atoms with E-state index in [0.717, 1.165) is 6.07 Å². The summed E-state index contributed by atoms with van der Waals surface area (Å²) in [5, 5.41) is 10.7. The van der Waals surface area contributed by atoms with Gasteiger partial charge in [0.25, 0.3) is 0 Å². The maximum atomic E-state index is 13.9. The Hall–Kier alpha value is -1.70. The average Bonchev–Trinajstić information content (AvgIpc) is 3.34. The minimum Gasteiger partial charge on any atom is -0.489 e. The highest BCUT2D eigenvalue weighted by Gasteiger charge is 2.65. The average molecular weight is 329 g/mol. The van der Waals surface area contributed by atoms with Crippen LogP contribution in [0.4, 0.5) is 10.1 Å². The normalized spacial score (nSPS) is 21.2. The lowest BCUT2D eigenvalue weighted by molar-refractivity contribution is -0.387. The second-order valence-corrected chi connectivity index (χ2v) is 9.13. The molecule has 0 heterocycles. The van der Waals surface area contributed by atoms with Crippen molar-refractivity contribution in [3.05, 3.63) is 34.1 Å². The van der Waals surface area contributed by atoms with Gasteiger partial charge in [-0.2, -0.15) is 4.39 Å². The van der Waals surface area contributed by atoms with Crippen LogP contribution in [0.25, 0.3) is 0 Å². The van der Waals surface area contributed by atoms with E-state index in [0.29, 0.717) is 25.7 Å². The van der Waals surface area contributed by atoms with Gasteiger partial charge in [-0.3, -0.25) is 10.1 Å². The third kappa shape index (κ3) is 2.16. The molecule has 2 fully saturated rings. The number of ether oxygens (including phenoxy) is 1. The monoisotopic (exact) mass is 329 g/mol. The van der Waals surface area contributed by atoms with Gasteiger partial charge in [-0.05, 0) is 38.7 Å². The van der Waals surface area contributed by atoms with Gasteiger partial charge in [0, 0.05) is 6.07 Å². The van der Waals surface area contributed by atoms with Crippen molar-refractivity contribution in [1.82, 2.24) is 0 Å². The maximum Gasteiger partial charge on any atom is 0.308 e. The van der Waals surface area contributed by atoms with Gasteiger partial charge in [0.2, 0.25) is 5.82 Å². The highest BCUT2D eigenvalue weighted by atomic mass is 32.2. The molecule has 2 aliphatic rings. The summed E-state index contributed by atoms with van der Waals surface area (Å²) in [7, 11) is -3.34. The van der Waals surface area contributed by atoms with Crippen molar-refractivity contribution in [3.63, 3.8) is 0 Å². The number of hydrogen-bond donors (Lipinski definition) is 0. The first kappa shape index (κ1) is 15.2. The molecule has 120 valence electrons. The molecule has 6 nitrogen and oxygen atoms in total. The van der Waals surface area contributed by atoms with Gasteiger partial charge in [-0.1, -0.05) is 6.07 Å². The van der Waals surface area contributed by atoms with Crippen molar-refractivity contribution >= 4 is 15.5 Å². The Balaban J connectivity index is 1.79. The molecule has 0 bridgehead atoms. The lowest BCUT2D eigenvalue weighted by atomic mass is 10.3. The van der Waals surface area contributed by atoms with E-state index in [9.17, 15) is 22.9 Å². The van der Waals surface area contributed by atoms with Crippen molar-refractivity contribution in [2.75, 3.05) is 6.61 Å². The Kier molecular flexibility index (Phi) is 3.21. The summed E-state index contributed by atoms with van der Waals surface area (Å²) in [5.74, 6) is -1.35. The summed E-state index contributed by atoms with van der Waals surface area (Å²) < 4.78 is 42.8. The van der Waals surface area contributed by atoms with E-state index >= 15 is 0 Å². The molecule has 0 unspecified atom stereocenters. The van der Waals surface area contributed by atoms with Crippen LogP contribution < -0.4 is 4.74 Å². The summed E-state index contributed by atoms with van der Waals surface area (Å²) in [6.45, 7) is 1.55. The standard InChI is InChI=1S/C14H16FNO5S/c1-13(5-6-13)22(19,20)14(7-8-14)9-21-11-4-2-3-10(12(11)15)16(17)18/h2-4H,5-9H2,1H3. The Morgan fingerprint density at radius 2 is 1.95 bits per heavy atom. The van der Waals surface area contributed by atoms with Gasteiger partial charge in [-0.15, -0.1) is 0 Å². The number of nitro benzene ring substituents is 1. The van der Waals surface area contributed by atoms with Crippen LogP contribution in [0.15, 0.2) is 18.2 Å². The van der Waals surface area contributed by atoms with Gasteiger partial charge in [0.15, 0.2) is 15.6 Å². The maximum absolute atomic E-state index is 13.9. The first-order valence-electron chi connectivity index (χ1n) is 7.02. The van der Waals surface area contributed by atoms with E-state index in [2.05, 4.69) is 0 Å². The van der Waals surface area contributed by atoms with Crippen LogP contribution in [0.2, 0.25) is 0 Å². The minimum atomic E-state index is -3.34. The lowest BCUT2D eigenvalue weighted by Crippen LogP contribution is -2.38. The molecule has 2 saturated carbocycles. The van der Waals surface area contributed by atoms with Crippen LogP contribution in [0.3, 0.4) is 0 Å². The molecule has 0 aromatic heterocycles. The summed E-state index contributed by atoms with van der Waals surface area (Å²) in [4.78, 5) is 9.86. The van der Waals surface area contributed by atoms with Crippen LogP contribution >= 0.6 is 0 Å². The molecule has 8 heteroatoms. The smallest absolute Gasteiger partial charge is 0.308 e. The minimum absolute atomic E-state index is 0.164. The molecule has 3 rings (SSSR count). The first-order valence-corrected chi connectivity index (χ1v) is 8.51. The Morgan fingerprint density at radius 3 is 2.45 bits per heavy atom. The van der Waals surface area contributed by atoms with E-state index in [-0.39, 0.29) is 12.4 Å². The quantitative estimate of drug-likeness (QED) is 0.591. The topological polar surface area (TPSA) is 86.5 Å². The van der Waals surface area contributed by atoms with Crippen LogP contribution in [0.5, 0.6) is 5.75 Å². The number of nitrogens with zero attached hydrogens (tertiary/aromatic N) is 1. The fraction of sp³-hybridized carbons (Fsp3) is 0.571. The number of sulfone groups is 1. The zero-order chi connectivity index (χ0) is 16.2. The highest BCUT2D eigenvalue weighted by molar-refractivity contribution is 7.94. The molecule has 0 aliphatic heterocycles. The fourth-order valence-corrected chi connectivity index (χ4v) is 5.10. The van der Waals surface area contributed by atoms with Crippen LogP contribution in [0, 0.1) is 15.9 Å². The molecular formula is C14H16FNO5S. The number of rotatable bonds is 6. The van der Waals surface area contributed by atoms with E-state index in [4.69, 9.17) is 4.74 Å². The van der Waals surface area contributed by atoms with Gasteiger partial charge >= 0.3 is 5.69 Å². The van der Waals surface area contributed by atoms with Gasteiger partial charge < -0.3 is 4.74 Å². The number of hydrogen-bond acceptors (Lipinski definition) is 5. The lowest BCUT2D eigenvalue weighted by Gasteiger charge is -2.21. The second-order valence-electron chi connectivity index (χ2n) is 6.27. The zero-order valence-corrected chi connectivity index (χ0v) is 12.9. The summed E-state index contributed by atoms with van der Waals surface area (Å²) >= 11 is 0. The van der Waals surface area contributed by atoms with Crippen molar-refractivity contribution in [2.45, 2.75) is 42.1 Å². The van der Waals surface area contributed by atoms with Gasteiger partial charge in [0.1, 0.15) is 11.4 Å². The molecule has 22 heavy (non-hydrogen) atoms. The van der Waals surface area contributed by atoms with E-state index in [1.165, 1.54) is 12.1 Å². The molecule has 0 atom stereocenters. The summed E-state index contributed by atoms with van der Waals surface area (Å²) in [6, 6.07) is 3.62. The van der Waals surface area contributed by atoms with Crippen molar-refractivity contribution < 1.29 is 22.5 Å². The van der Waals surface area contributed by atoms with Crippen LogP contribution in [-0.2, 0) is 9.84 Å². The predicted octanol–water partition coefficient (Wildman–Crippen LogP) is 2.61. The molecule has 2 aliphatic carbocycles. The van der Waals surface area contributed by atoms with Crippen LogP contribution in [0.1, 0.15) is 32.6 Å². The molecule has 1 aromatic rings. The Bertz CT molecular complexity index is 738. The molecule has 0 spiro atoms. The third-order valence-electron chi connectivity index (χ3n) is 4.61. The fourth-order valence-electron chi connectivity index (χ4n) is 2.56. The summed E-state index contributed by atoms with van der Waals surface area (Å²) in [5.41, 5.74) is -0.681. The van der Waals surface area contributed by atoms with Gasteiger partial charge in [-0.25, -0.2) is 8.42 Å². The Labute approximate surface area is 127 Å². The summed E-state index contributed by atoms with van der Waals surface area (Å²) in [6.07, 6.45) is 2.26. The molecule has 1 aromatic carbocycles. The van der Waals surface area contributed by atoms with E-state index in [1.54, 1.807) is 6.92 Å². The Morgan fingerprint density at radius 1 is 1.32 bits per heavy atom. The molecular weight excluding hydrogens is 313 g/mol. The zero-order valence-electron chi connectivity index (χ0n) is 12.0. The number of nitro groups is 1. The first-order chi connectivity index (χ1) is 10.2. The van der Waals surface area contributed by atoms with Gasteiger partial charge in [0.05, 0.1) is 9.67 Å². The van der Waals surface area contributed by atoms with E-state index < -0.39 is 35.8 Å². The van der Waals surface area contributed by atoms with Crippen molar-refractivity contribution in [3.8, 4) is 5.75 Å². The number of halogens is 1. The highest BCUT2D eigenvalue weighted by Crippen LogP contribution is 2.56. The van der Waals surface area contributed by atoms with Crippen LogP contribution in [-0.4, -0.2) is 29.4 Å². The van der Waals surface area contributed by atoms with E-state index in [1.807, 2.05) is 0 Å². The largest absolute Gasteiger partial charge is 0.489 e. The molecule has 0 radical (unpaired) electrons. The van der Waals surface area contributed by atoms with Crippen molar-refractivity contribution in [2.24, 2.45) is 0 Å². The SMILES string of the molecule is CC1(S(=O)(=O)C2(COc3cccc([N+](=O)[O-])c3F)CC2)CC1. The predicted molar refractivity (Wildman–Crippen MR) is 77.1 cm³/mol.